The molecule has 1 unspecified atom stereocenters. The summed E-state index contributed by atoms with van der Waals surface area (Å²) in [6.07, 6.45) is 0.958. The second-order valence-electron chi connectivity index (χ2n) is 3.64. The lowest BCUT2D eigenvalue weighted by Gasteiger charge is -2.08. The predicted molar refractivity (Wildman–Crippen MR) is 63.9 cm³/mol. The van der Waals surface area contributed by atoms with Gasteiger partial charge in [-0.2, -0.15) is 0 Å². The third-order valence-electron chi connectivity index (χ3n) is 2.45. The number of aliphatic imine (C=N–C) groups is 1. The minimum atomic E-state index is -1.47. The second kappa shape index (κ2) is 5.00. The molecule has 0 aromatic heterocycles. The summed E-state index contributed by atoms with van der Waals surface area (Å²) in [7, 11) is 0. The van der Waals surface area contributed by atoms with Crippen molar-refractivity contribution in [1.29, 1.82) is 0 Å². The highest BCUT2D eigenvalue weighted by Crippen LogP contribution is 2.26. The number of amidine groups is 1. The molecule has 6 heteroatoms. The highest BCUT2D eigenvalue weighted by molar-refractivity contribution is 8.15. The van der Waals surface area contributed by atoms with Gasteiger partial charge < -0.3 is 5.32 Å². The first kappa shape index (κ1) is 12.3. The van der Waals surface area contributed by atoms with Crippen molar-refractivity contribution in [2.24, 2.45) is 4.99 Å². The van der Waals surface area contributed by atoms with Gasteiger partial charge in [-0.1, -0.05) is 18.7 Å². The number of halogens is 3. The summed E-state index contributed by atoms with van der Waals surface area (Å²) in [5.74, 6) is -3.88. The van der Waals surface area contributed by atoms with Gasteiger partial charge in [0.1, 0.15) is 0 Å². The van der Waals surface area contributed by atoms with Gasteiger partial charge >= 0.3 is 0 Å². The second-order valence-corrected chi connectivity index (χ2v) is 4.93. The predicted octanol–water partition coefficient (Wildman–Crippen LogP) is 3.40. The van der Waals surface area contributed by atoms with Gasteiger partial charge in [0, 0.05) is 5.25 Å². The van der Waals surface area contributed by atoms with Crippen molar-refractivity contribution in [3.8, 4) is 0 Å². The first-order valence-electron chi connectivity index (χ1n) is 5.23. The zero-order valence-electron chi connectivity index (χ0n) is 9.14. The summed E-state index contributed by atoms with van der Waals surface area (Å²) in [4.78, 5) is 4.16. The molecule has 1 aliphatic heterocycles. The molecule has 1 atom stereocenters. The van der Waals surface area contributed by atoms with E-state index in [0.717, 1.165) is 18.6 Å². The summed E-state index contributed by atoms with van der Waals surface area (Å²) < 4.78 is 39.0. The smallest absolute Gasteiger partial charge is 0.196 e. The molecule has 0 saturated heterocycles. The van der Waals surface area contributed by atoms with Gasteiger partial charge in [-0.25, -0.2) is 13.2 Å². The average Bonchev–Trinajstić information content (AvgIpc) is 2.78. The van der Waals surface area contributed by atoms with E-state index in [2.05, 4.69) is 10.3 Å². The zero-order chi connectivity index (χ0) is 12.4. The van der Waals surface area contributed by atoms with E-state index in [1.165, 1.54) is 11.8 Å². The summed E-state index contributed by atoms with van der Waals surface area (Å²) >= 11 is 1.48. The Morgan fingerprint density at radius 2 is 2.12 bits per heavy atom. The van der Waals surface area contributed by atoms with Crippen LogP contribution in [0.4, 0.5) is 18.9 Å². The van der Waals surface area contributed by atoms with Crippen LogP contribution in [0.5, 0.6) is 0 Å². The van der Waals surface area contributed by atoms with E-state index in [0.29, 0.717) is 17.0 Å². The number of nitrogens with one attached hydrogen (secondary N) is 1. The van der Waals surface area contributed by atoms with E-state index < -0.39 is 17.5 Å². The Balaban J connectivity index is 2.13. The molecule has 0 fully saturated rings. The molecule has 1 aromatic carbocycles. The summed E-state index contributed by atoms with van der Waals surface area (Å²) in [6, 6.07) is 2.05. The maximum Gasteiger partial charge on any atom is 0.196 e. The van der Waals surface area contributed by atoms with Crippen LogP contribution in [0.25, 0.3) is 0 Å². The molecule has 17 heavy (non-hydrogen) atoms. The number of thioether (sulfide) groups is 1. The molecule has 2 nitrogen and oxygen atoms in total. The lowest BCUT2D eigenvalue weighted by molar-refractivity contribution is 0.449. The van der Waals surface area contributed by atoms with Crippen LogP contribution in [0.3, 0.4) is 0 Å². The van der Waals surface area contributed by atoms with Crippen LogP contribution in [0.15, 0.2) is 17.1 Å². The van der Waals surface area contributed by atoms with Gasteiger partial charge in [-0.3, -0.25) is 4.99 Å². The van der Waals surface area contributed by atoms with Crippen LogP contribution in [0.1, 0.15) is 13.3 Å². The van der Waals surface area contributed by atoms with Gasteiger partial charge in [-0.05, 0) is 18.6 Å². The molecule has 0 amide bonds. The topological polar surface area (TPSA) is 24.4 Å². The molecular formula is C11H11F3N2S. The monoisotopic (exact) mass is 260 g/mol. The van der Waals surface area contributed by atoms with Crippen molar-refractivity contribution in [1.82, 2.24) is 0 Å². The highest BCUT2D eigenvalue weighted by atomic mass is 32.2. The van der Waals surface area contributed by atoms with E-state index in [9.17, 15) is 13.2 Å². The lowest BCUT2D eigenvalue weighted by atomic mass is 10.3. The molecule has 92 valence electrons. The maximum absolute atomic E-state index is 13.4. The van der Waals surface area contributed by atoms with Crippen molar-refractivity contribution in [3.63, 3.8) is 0 Å². The van der Waals surface area contributed by atoms with Crippen LogP contribution in [-0.2, 0) is 0 Å². The Morgan fingerprint density at radius 1 is 1.35 bits per heavy atom. The van der Waals surface area contributed by atoms with Gasteiger partial charge in [0.25, 0.3) is 0 Å². The van der Waals surface area contributed by atoms with E-state index in [1.54, 1.807) is 0 Å². The fourth-order valence-electron chi connectivity index (χ4n) is 1.44. The van der Waals surface area contributed by atoms with Gasteiger partial charge in [0.05, 0.1) is 12.2 Å². The highest BCUT2D eigenvalue weighted by Gasteiger charge is 2.20. The number of anilines is 1. The Kier molecular flexibility index (Phi) is 3.61. The SMILES string of the molecule is CCC1CN=C(Nc2ccc(F)c(F)c2F)S1. The average molecular weight is 260 g/mol. The summed E-state index contributed by atoms with van der Waals surface area (Å²) in [5, 5.41) is 3.58. The third-order valence-corrected chi connectivity index (χ3v) is 3.72. The molecule has 1 heterocycles. The normalized spacial score (nSPS) is 19.3. The number of nitrogens with zero attached hydrogens (tertiary/aromatic N) is 1. The fourth-order valence-corrected chi connectivity index (χ4v) is 2.39. The Morgan fingerprint density at radius 3 is 2.76 bits per heavy atom. The van der Waals surface area contributed by atoms with E-state index in [-0.39, 0.29) is 5.69 Å². The van der Waals surface area contributed by atoms with Crippen molar-refractivity contribution in [3.05, 3.63) is 29.6 Å². The molecule has 0 aliphatic carbocycles. The van der Waals surface area contributed by atoms with Crippen molar-refractivity contribution >= 4 is 22.6 Å². The molecule has 0 bridgehead atoms. The zero-order valence-corrected chi connectivity index (χ0v) is 9.95. The van der Waals surface area contributed by atoms with Crippen LogP contribution in [0.2, 0.25) is 0 Å². The van der Waals surface area contributed by atoms with Crippen molar-refractivity contribution in [2.45, 2.75) is 18.6 Å². The van der Waals surface area contributed by atoms with E-state index >= 15 is 0 Å². The molecule has 0 radical (unpaired) electrons. The quantitative estimate of drug-likeness (QED) is 0.824. The van der Waals surface area contributed by atoms with Crippen LogP contribution >= 0.6 is 11.8 Å². The lowest BCUT2D eigenvalue weighted by Crippen LogP contribution is -2.09. The number of rotatable bonds is 2. The fraction of sp³-hybridized carbons (Fsp3) is 0.364. The Labute approximate surface area is 101 Å². The van der Waals surface area contributed by atoms with E-state index in [1.807, 2.05) is 6.92 Å². The molecule has 0 saturated carbocycles. The van der Waals surface area contributed by atoms with Crippen molar-refractivity contribution in [2.75, 3.05) is 11.9 Å². The van der Waals surface area contributed by atoms with Crippen LogP contribution in [0, 0.1) is 17.5 Å². The first-order valence-corrected chi connectivity index (χ1v) is 6.11. The summed E-state index contributed by atoms with van der Waals surface area (Å²) in [6.45, 7) is 2.70. The van der Waals surface area contributed by atoms with Gasteiger partial charge in [-0.15, -0.1) is 0 Å². The molecule has 1 aromatic rings. The number of hydrogen-bond donors (Lipinski definition) is 1. The molecule has 0 spiro atoms. The van der Waals surface area contributed by atoms with E-state index in [4.69, 9.17) is 0 Å². The first-order chi connectivity index (χ1) is 8.11. The standard InChI is InChI=1S/C11H11F3N2S/c1-2-6-5-15-11(17-6)16-8-4-3-7(12)9(13)10(8)14/h3-4,6H,2,5H2,1H3,(H,15,16). The van der Waals surface area contributed by atoms with Gasteiger partial charge in [0.2, 0.25) is 0 Å². The minimum absolute atomic E-state index is 0.0908. The van der Waals surface area contributed by atoms with Crippen LogP contribution in [-0.4, -0.2) is 17.0 Å². The molecular weight excluding hydrogens is 249 g/mol. The maximum atomic E-state index is 13.4. The van der Waals surface area contributed by atoms with Crippen LogP contribution < -0.4 is 5.32 Å². The van der Waals surface area contributed by atoms with Gasteiger partial charge in [0.15, 0.2) is 22.6 Å². The minimum Gasteiger partial charge on any atom is -0.332 e. The number of hydrogen-bond acceptors (Lipinski definition) is 3. The van der Waals surface area contributed by atoms with Crippen molar-refractivity contribution < 1.29 is 13.2 Å². The Bertz CT molecular complexity index is 462. The molecule has 1 N–H and O–H groups in total. The summed E-state index contributed by atoms with van der Waals surface area (Å²) in [5.41, 5.74) is -0.0908. The molecule has 1 aliphatic rings. The Hall–Kier alpha value is -1.17. The largest absolute Gasteiger partial charge is 0.332 e. The molecule has 2 rings (SSSR count). The number of benzene rings is 1. The third kappa shape index (κ3) is 2.57.